The van der Waals surface area contributed by atoms with Crippen molar-refractivity contribution in [3.63, 3.8) is 0 Å². The summed E-state index contributed by atoms with van der Waals surface area (Å²) in [6.07, 6.45) is 5.92. The van der Waals surface area contributed by atoms with E-state index in [-0.39, 0.29) is 80.4 Å². The Bertz CT molecular complexity index is 326. The maximum absolute atomic E-state index is 8.76. The molecule has 204 valence electrons. The van der Waals surface area contributed by atoms with E-state index in [1.165, 1.54) is 19.3 Å². The molecule has 5 nitrogen and oxygen atoms in total. The van der Waals surface area contributed by atoms with Crippen molar-refractivity contribution in [2.45, 2.75) is 101 Å². The predicted octanol–water partition coefficient (Wildman–Crippen LogP) is 5.33. The summed E-state index contributed by atoms with van der Waals surface area (Å²) in [5.41, 5.74) is 1.08. The predicted molar refractivity (Wildman–Crippen MR) is 134 cm³/mol. The van der Waals surface area contributed by atoms with Gasteiger partial charge in [0, 0.05) is 68.6 Å². The van der Waals surface area contributed by atoms with E-state index in [0.717, 1.165) is 12.8 Å². The van der Waals surface area contributed by atoms with Crippen LogP contribution < -0.4 is 0 Å². The quantitative estimate of drug-likeness (QED) is 0.301. The van der Waals surface area contributed by atoms with Crippen LogP contribution in [0, 0.1) is 34.5 Å². The van der Waals surface area contributed by atoms with E-state index in [2.05, 4.69) is 55.4 Å². The van der Waals surface area contributed by atoms with Gasteiger partial charge in [0.15, 0.2) is 0 Å². The third-order valence-electron chi connectivity index (χ3n) is 5.95. The molecule has 1 aliphatic carbocycles. The molecule has 33 heavy (non-hydrogen) atoms. The van der Waals surface area contributed by atoms with Gasteiger partial charge in [0.1, 0.15) is 6.79 Å². The molecule has 1 fully saturated rings. The van der Waals surface area contributed by atoms with Crippen LogP contribution in [0.2, 0.25) is 0 Å². The van der Waals surface area contributed by atoms with Crippen LogP contribution >= 0.6 is 0 Å². The van der Waals surface area contributed by atoms with Crippen LogP contribution in [0.5, 0.6) is 0 Å². The summed E-state index contributed by atoms with van der Waals surface area (Å²) in [7, 11) is 0. The molecule has 0 radical (unpaired) electrons. The monoisotopic (exact) mass is 818 g/mol. The van der Waals surface area contributed by atoms with Crippen LogP contribution in [0.3, 0.4) is 0 Å². The van der Waals surface area contributed by atoms with E-state index in [1.54, 1.807) is 0 Å². The Hall–Kier alpha value is 0.887. The first-order valence-corrected chi connectivity index (χ1v) is 11.9. The van der Waals surface area contributed by atoms with E-state index in [4.69, 9.17) is 25.2 Å². The van der Waals surface area contributed by atoms with Crippen molar-refractivity contribution >= 4 is 6.79 Å². The van der Waals surface area contributed by atoms with Crippen LogP contribution in [-0.2, 0) is 46.9 Å². The normalized spacial score (nSPS) is 18.5. The first kappa shape index (κ1) is 47.1. The molecular formula is C26H58O5W2. The number of carbonyl (C=O) groups is 1. The maximum atomic E-state index is 8.76. The number of carbonyl (C=O) groups excluding carboxylic acids is 1. The van der Waals surface area contributed by atoms with Gasteiger partial charge < -0.3 is 25.2 Å². The Morgan fingerprint density at radius 2 is 0.909 bits per heavy atom. The maximum Gasteiger partial charge on any atom is 0.106 e. The van der Waals surface area contributed by atoms with Gasteiger partial charge in [-0.2, -0.15) is 0 Å². The fraction of sp³-hybridized carbons (Fsp3) is 0.962. The second kappa shape index (κ2) is 29.1. The zero-order chi connectivity index (χ0) is 25.7. The van der Waals surface area contributed by atoms with Gasteiger partial charge in [-0.3, -0.25) is 0 Å². The van der Waals surface area contributed by atoms with Crippen molar-refractivity contribution in [3.8, 4) is 0 Å². The molecular weight excluding hydrogens is 760 g/mol. The number of aliphatic hydroxyl groups is 4. The Balaban J connectivity index is -0.0000000714. The van der Waals surface area contributed by atoms with Crippen molar-refractivity contribution < 1.29 is 67.4 Å². The van der Waals surface area contributed by atoms with E-state index in [1.807, 2.05) is 20.6 Å². The Labute approximate surface area is 235 Å². The van der Waals surface area contributed by atoms with Gasteiger partial charge in [-0.1, -0.05) is 88.5 Å². The Kier molecular flexibility index (Phi) is 41.6. The van der Waals surface area contributed by atoms with Gasteiger partial charge in [-0.25, -0.2) is 0 Å². The van der Waals surface area contributed by atoms with Crippen LogP contribution in [0.25, 0.3) is 0 Å². The first-order valence-electron chi connectivity index (χ1n) is 11.9. The van der Waals surface area contributed by atoms with Crippen LogP contribution in [0.1, 0.15) is 101 Å². The van der Waals surface area contributed by atoms with Crippen molar-refractivity contribution in [1.82, 2.24) is 0 Å². The molecule has 7 heteroatoms. The van der Waals surface area contributed by atoms with E-state index in [9.17, 15) is 0 Å². The van der Waals surface area contributed by atoms with Crippen molar-refractivity contribution in [1.29, 1.82) is 0 Å². The molecule has 0 amide bonds. The van der Waals surface area contributed by atoms with Gasteiger partial charge in [0.05, 0.1) is 0 Å². The molecule has 0 aliphatic heterocycles. The molecule has 1 aliphatic rings. The Morgan fingerprint density at radius 1 is 0.697 bits per heavy atom. The van der Waals surface area contributed by atoms with Gasteiger partial charge in [0.2, 0.25) is 0 Å². The summed E-state index contributed by atoms with van der Waals surface area (Å²) in [6, 6.07) is 0. The molecule has 1 saturated carbocycles. The van der Waals surface area contributed by atoms with Gasteiger partial charge in [0.25, 0.3) is 0 Å². The minimum absolute atomic E-state index is 0. The molecule has 0 spiro atoms. The van der Waals surface area contributed by atoms with Gasteiger partial charge >= 0.3 is 0 Å². The average molecular weight is 818 g/mol. The molecule has 0 heterocycles. The summed E-state index contributed by atoms with van der Waals surface area (Å²) < 4.78 is 0. The molecule has 4 unspecified atom stereocenters. The first-order chi connectivity index (χ1) is 14.2. The molecule has 0 aromatic carbocycles. The minimum atomic E-state index is 0. The molecule has 0 aromatic rings. The van der Waals surface area contributed by atoms with Crippen molar-refractivity contribution in [2.75, 3.05) is 26.4 Å². The topological polar surface area (TPSA) is 98.0 Å². The second-order valence-electron chi connectivity index (χ2n) is 11.0. The van der Waals surface area contributed by atoms with Crippen LogP contribution in [0.15, 0.2) is 0 Å². The zero-order valence-corrected chi connectivity index (χ0v) is 29.3. The summed E-state index contributed by atoms with van der Waals surface area (Å²) >= 11 is 0. The van der Waals surface area contributed by atoms with E-state index >= 15 is 0 Å². The van der Waals surface area contributed by atoms with E-state index < -0.39 is 0 Å². The third kappa shape index (κ3) is 37.6. The largest absolute Gasteiger partial charge is 0.396 e. The molecule has 4 atom stereocenters. The number of rotatable bonds is 5. The van der Waals surface area contributed by atoms with Crippen molar-refractivity contribution in [3.05, 3.63) is 0 Å². The zero-order valence-electron chi connectivity index (χ0n) is 23.4. The summed E-state index contributed by atoms with van der Waals surface area (Å²) in [6.45, 7) is 24.6. The van der Waals surface area contributed by atoms with Gasteiger partial charge in [-0.15, -0.1) is 0 Å². The number of aliphatic hydroxyl groups excluding tert-OH is 4. The standard InChI is InChI=1S/C7H14O2.C6H14O2.2C6H14.CH2O.2W/c8-4-6-2-1-3-7(6)5-9;1-5(3-7)6(2)4-8;2*1-5-6(2,3)4;1-2;;/h6-9H,1-5H2;5-8H,3-4H2,1-2H3;2*5H2,1-4H3;1H2;;. The van der Waals surface area contributed by atoms with E-state index in [0.29, 0.717) is 22.7 Å². The minimum Gasteiger partial charge on any atom is -0.396 e. The molecule has 0 bridgehead atoms. The fourth-order valence-corrected chi connectivity index (χ4v) is 1.95. The number of hydrogen-bond donors (Lipinski definition) is 4. The van der Waals surface area contributed by atoms with Gasteiger partial charge in [-0.05, 0) is 47.3 Å². The second-order valence-corrected chi connectivity index (χ2v) is 11.0. The fourth-order valence-electron chi connectivity index (χ4n) is 1.95. The SMILES string of the molecule is C=O.CC(CO)C(C)CO.CCC(C)(C)C.CCC(C)(C)C.OCC1CCCC1CO.[W].[W]. The Morgan fingerprint density at radius 3 is 1.03 bits per heavy atom. The average Bonchev–Trinajstić information content (AvgIpc) is 3.22. The number of hydrogen-bond acceptors (Lipinski definition) is 5. The molecule has 0 aromatic heterocycles. The summed E-state index contributed by atoms with van der Waals surface area (Å²) in [5, 5.41) is 34.6. The molecule has 4 N–H and O–H groups in total. The molecule has 1 rings (SSSR count). The van der Waals surface area contributed by atoms with Crippen LogP contribution in [-0.4, -0.2) is 53.6 Å². The summed E-state index contributed by atoms with van der Waals surface area (Å²) in [4.78, 5) is 8.00. The van der Waals surface area contributed by atoms with Crippen molar-refractivity contribution in [2.24, 2.45) is 34.5 Å². The smallest absolute Gasteiger partial charge is 0.106 e. The third-order valence-corrected chi connectivity index (χ3v) is 5.95. The summed E-state index contributed by atoms with van der Waals surface area (Å²) in [5.74, 6) is 1.21. The van der Waals surface area contributed by atoms with Crippen LogP contribution in [0.4, 0.5) is 0 Å². The molecule has 0 saturated heterocycles.